The van der Waals surface area contributed by atoms with E-state index in [-0.39, 0.29) is 5.82 Å². The van der Waals surface area contributed by atoms with E-state index in [0.29, 0.717) is 24.7 Å². The molecule has 0 saturated heterocycles. The second kappa shape index (κ2) is 7.32. The Morgan fingerprint density at radius 2 is 1.90 bits per heavy atom. The topological polar surface area (TPSA) is 44.5 Å². The lowest BCUT2D eigenvalue weighted by molar-refractivity contribution is 0.305. The molecule has 2 aromatic carbocycles. The van der Waals surface area contributed by atoms with Crippen molar-refractivity contribution in [2.75, 3.05) is 13.7 Å². The Morgan fingerprint density at radius 3 is 2.57 bits per heavy atom. The zero-order valence-corrected chi connectivity index (χ0v) is 11.7. The van der Waals surface area contributed by atoms with Crippen molar-refractivity contribution in [3.63, 3.8) is 0 Å². The van der Waals surface area contributed by atoms with E-state index in [1.165, 1.54) is 12.1 Å². The monoisotopic (exact) mass is 285 g/mol. The highest BCUT2D eigenvalue weighted by molar-refractivity contribution is 5.48. The molecule has 2 rings (SSSR count). The summed E-state index contributed by atoms with van der Waals surface area (Å²) in [6, 6.07) is 11.5. The van der Waals surface area contributed by atoms with Gasteiger partial charge in [0.25, 0.3) is 0 Å². The van der Waals surface area contributed by atoms with Gasteiger partial charge >= 0.3 is 0 Å². The average Bonchev–Trinajstić information content (AvgIpc) is 2.52. The molecular formula is C17H16FNO2. The molecule has 4 heteroatoms. The van der Waals surface area contributed by atoms with E-state index in [2.05, 4.69) is 11.8 Å². The van der Waals surface area contributed by atoms with Gasteiger partial charge in [-0.2, -0.15) is 0 Å². The molecule has 0 aliphatic carbocycles. The van der Waals surface area contributed by atoms with E-state index in [4.69, 9.17) is 15.2 Å². The van der Waals surface area contributed by atoms with Gasteiger partial charge in [-0.3, -0.25) is 0 Å². The van der Waals surface area contributed by atoms with Crippen LogP contribution in [0.3, 0.4) is 0 Å². The first-order valence-electron chi connectivity index (χ1n) is 6.47. The summed E-state index contributed by atoms with van der Waals surface area (Å²) < 4.78 is 23.7. The Balaban J connectivity index is 2.11. The highest BCUT2D eigenvalue weighted by Gasteiger charge is 2.03. The summed E-state index contributed by atoms with van der Waals surface area (Å²) in [4.78, 5) is 0. The molecule has 0 radical (unpaired) electrons. The third kappa shape index (κ3) is 4.23. The third-order valence-electron chi connectivity index (χ3n) is 2.81. The molecule has 2 aromatic rings. The molecule has 0 spiro atoms. The standard InChI is InChI=1S/C17H16FNO2/c1-20-17-9-4-13(11-14(17)3-2-10-19)12-21-16-7-5-15(18)6-8-16/h4-9,11H,10,12,19H2,1H3. The number of halogens is 1. The van der Waals surface area contributed by atoms with Crippen LogP contribution in [0.15, 0.2) is 42.5 Å². The van der Waals surface area contributed by atoms with Crippen LogP contribution in [-0.4, -0.2) is 13.7 Å². The molecular weight excluding hydrogens is 269 g/mol. The van der Waals surface area contributed by atoms with Crippen LogP contribution in [0.5, 0.6) is 11.5 Å². The van der Waals surface area contributed by atoms with E-state index in [1.54, 1.807) is 19.2 Å². The van der Waals surface area contributed by atoms with Gasteiger partial charge in [-0.1, -0.05) is 17.9 Å². The number of nitrogens with two attached hydrogens (primary N) is 1. The van der Waals surface area contributed by atoms with Crippen molar-refractivity contribution in [2.24, 2.45) is 5.73 Å². The zero-order chi connectivity index (χ0) is 15.1. The Morgan fingerprint density at radius 1 is 1.14 bits per heavy atom. The molecule has 0 amide bonds. The zero-order valence-electron chi connectivity index (χ0n) is 11.7. The van der Waals surface area contributed by atoms with Crippen LogP contribution in [0, 0.1) is 17.7 Å². The van der Waals surface area contributed by atoms with Crippen LogP contribution >= 0.6 is 0 Å². The minimum Gasteiger partial charge on any atom is -0.495 e. The first-order chi connectivity index (χ1) is 10.2. The van der Waals surface area contributed by atoms with E-state index in [9.17, 15) is 4.39 Å². The highest BCUT2D eigenvalue weighted by atomic mass is 19.1. The average molecular weight is 285 g/mol. The molecule has 0 saturated carbocycles. The minimum atomic E-state index is -0.286. The lowest BCUT2D eigenvalue weighted by Crippen LogP contribution is -1.98. The van der Waals surface area contributed by atoms with Crippen LogP contribution in [0.1, 0.15) is 11.1 Å². The Bertz CT molecular complexity index is 657. The van der Waals surface area contributed by atoms with E-state index in [0.717, 1.165) is 11.1 Å². The smallest absolute Gasteiger partial charge is 0.134 e. The Hall–Kier alpha value is -2.51. The SMILES string of the molecule is COc1ccc(COc2ccc(F)cc2)cc1C#CCN. The van der Waals surface area contributed by atoms with Crippen LogP contribution < -0.4 is 15.2 Å². The van der Waals surface area contributed by atoms with Gasteiger partial charge in [-0.15, -0.1) is 0 Å². The lowest BCUT2D eigenvalue weighted by Gasteiger charge is -2.09. The van der Waals surface area contributed by atoms with Crippen molar-refractivity contribution in [1.82, 2.24) is 0 Å². The normalized spacial score (nSPS) is 9.67. The molecule has 0 atom stereocenters. The second-order valence-electron chi connectivity index (χ2n) is 4.28. The summed E-state index contributed by atoms with van der Waals surface area (Å²) in [6.45, 7) is 0.659. The highest BCUT2D eigenvalue weighted by Crippen LogP contribution is 2.20. The summed E-state index contributed by atoms with van der Waals surface area (Å²) in [5.74, 6) is 6.79. The number of hydrogen-bond acceptors (Lipinski definition) is 3. The largest absolute Gasteiger partial charge is 0.495 e. The van der Waals surface area contributed by atoms with Gasteiger partial charge in [0.15, 0.2) is 0 Å². The second-order valence-corrected chi connectivity index (χ2v) is 4.28. The maximum Gasteiger partial charge on any atom is 0.134 e. The number of hydrogen-bond donors (Lipinski definition) is 1. The molecule has 21 heavy (non-hydrogen) atoms. The molecule has 0 heterocycles. The first kappa shape index (κ1) is 14.9. The van der Waals surface area contributed by atoms with Crippen molar-refractivity contribution >= 4 is 0 Å². The molecule has 0 fully saturated rings. The molecule has 0 aliphatic rings. The maximum atomic E-state index is 12.8. The van der Waals surface area contributed by atoms with Gasteiger partial charge < -0.3 is 15.2 Å². The maximum absolute atomic E-state index is 12.8. The summed E-state index contributed by atoms with van der Waals surface area (Å²) >= 11 is 0. The van der Waals surface area contributed by atoms with Crippen molar-refractivity contribution in [1.29, 1.82) is 0 Å². The summed E-state index contributed by atoms with van der Waals surface area (Å²) in [5, 5.41) is 0. The fourth-order valence-electron chi connectivity index (χ4n) is 1.79. The number of methoxy groups -OCH3 is 1. The molecule has 108 valence electrons. The summed E-state index contributed by atoms with van der Waals surface area (Å²) in [6.07, 6.45) is 0. The first-order valence-corrected chi connectivity index (χ1v) is 6.47. The number of benzene rings is 2. The van der Waals surface area contributed by atoms with Crippen molar-refractivity contribution < 1.29 is 13.9 Å². The van der Waals surface area contributed by atoms with E-state index < -0.39 is 0 Å². The number of rotatable bonds is 4. The van der Waals surface area contributed by atoms with Gasteiger partial charge in [0.1, 0.15) is 23.9 Å². The summed E-state index contributed by atoms with van der Waals surface area (Å²) in [5.41, 5.74) is 7.10. The molecule has 0 aliphatic heterocycles. The third-order valence-corrected chi connectivity index (χ3v) is 2.81. The van der Waals surface area contributed by atoms with Crippen LogP contribution in [-0.2, 0) is 6.61 Å². The molecule has 3 nitrogen and oxygen atoms in total. The van der Waals surface area contributed by atoms with Gasteiger partial charge in [0.2, 0.25) is 0 Å². The van der Waals surface area contributed by atoms with Gasteiger partial charge in [0, 0.05) is 0 Å². The molecule has 2 N–H and O–H groups in total. The van der Waals surface area contributed by atoms with Crippen LogP contribution in [0.4, 0.5) is 4.39 Å². The molecule has 0 aromatic heterocycles. The van der Waals surface area contributed by atoms with E-state index in [1.807, 2.05) is 18.2 Å². The molecule has 0 bridgehead atoms. The molecule has 0 unspecified atom stereocenters. The minimum absolute atomic E-state index is 0.286. The van der Waals surface area contributed by atoms with E-state index >= 15 is 0 Å². The van der Waals surface area contributed by atoms with Crippen molar-refractivity contribution in [2.45, 2.75) is 6.61 Å². The Labute approximate surface area is 123 Å². The predicted molar refractivity (Wildman–Crippen MR) is 79.7 cm³/mol. The fraction of sp³-hybridized carbons (Fsp3) is 0.176. The fourth-order valence-corrected chi connectivity index (χ4v) is 1.79. The van der Waals surface area contributed by atoms with Crippen molar-refractivity contribution in [3.05, 3.63) is 59.4 Å². The van der Waals surface area contributed by atoms with Gasteiger partial charge in [-0.05, 0) is 42.0 Å². The Kier molecular flexibility index (Phi) is 5.19. The number of ether oxygens (including phenoxy) is 2. The lowest BCUT2D eigenvalue weighted by atomic mass is 10.1. The van der Waals surface area contributed by atoms with Gasteiger partial charge in [0.05, 0.1) is 19.2 Å². The quantitative estimate of drug-likeness (QED) is 0.878. The van der Waals surface area contributed by atoms with Crippen LogP contribution in [0.2, 0.25) is 0 Å². The van der Waals surface area contributed by atoms with Crippen LogP contribution in [0.25, 0.3) is 0 Å². The summed E-state index contributed by atoms with van der Waals surface area (Å²) in [7, 11) is 1.59. The van der Waals surface area contributed by atoms with Gasteiger partial charge in [-0.25, -0.2) is 4.39 Å². The van der Waals surface area contributed by atoms with Crippen molar-refractivity contribution in [3.8, 4) is 23.3 Å². The predicted octanol–water partition coefficient (Wildman–Crippen LogP) is 2.72.